The van der Waals surface area contributed by atoms with Gasteiger partial charge < -0.3 is 20.9 Å². The number of hydrogen-bond acceptors (Lipinski definition) is 3. The molecule has 0 spiro atoms. The normalized spacial score (nSPS) is 14.8. The van der Waals surface area contributed by atoms with Gasteiger partial charge in [0.1, 0.15) is 5.82 Å². The van der Waals surface area contributed by atoms with Crippen molar-refractivity contribution in [3.05, 3.63) is 69.5 Å². The maximum absolute atomic E-state index is 14.2. The van der Waals surface area contributed by atoms with Crippen molar-refractivity contribution in [2.75, 3.05) is 26.2 Å². The van der Waals surface area contributed by atoms with E-state index in [-0.39, 0.29) is 23.8 Å². The van der Waals surface area contributed by atoms with Crippen LogP contribution in [0.4, 0.5) is 9.18 Å². The molecule has 2 aromatic carbocycles. The zero-order valence-corrected chi connectivity index (χ0v) is 18.0. The van der Waals surface area contributed by atoms with Crippen molar-refractivity contribution >= 4 is 41.0 Å². The molecule has 10 heteroatoms. The molecule has 3 rings (SSSR count). The zero-order valence-electron chi connectivity index (χ0n) is 16.5. The molecule has 1 saturated heterocycles. The second-order valence-electron chi connectivity index (χ2n) is 7.12. The maximum atomic E-state index is 14.2. The van der Waals surface area contributed by atoms with Crippen molar-refractivity contribution in [1.29, 1.82) is 0 Å². The largest absolute Gasteiger partial charge is 0.352 e. The molecule has 0 bridgehead atoms. The van der Waals surface area contributed by atoms with Gasteiger partial charge in [-0.05, 0) is 24.3 Å². The molecule has 4 amide bonds. The Balaban J connectivity index is 1.63. The fourth-order valence-electron chi connectivity index (χ4n) is 3.49. The molecule has 1 fully saturated rings. The van der Waals surface area contributed by atoms with E-state index in [2.05, 4.69) is 5.32 Å². The number of carbonyl (C=O) groups is 3. The Hall–Kier alpha value is -2.84. The predicted octanol–water partition coefficient (Wildman–Crippen LogP) is 3.22. The summed E-state index contributed by atoms with van der Waals surface area (Å²) in [5.41, 5.74) is 5.76. The van der Waals surface area contributed by atoms with E-state index in [1.54, 1.807) is 34.1 Å². The number of nitrogens with zero attached hydrogens (tertiary/aromatic N) is 2. The number of rotatable bonds is 5. The van der Waals surface area contributed by atoms with Crippen LogP contribution >= 0.6 is 23.2 Å². The lowest BCUT2D eigenvalue weighted by molar-refractivity contribution is -0.133. The molecule has 0 saturated carbocycles. The van der Waals surface area contributed by atoms with Gasteiger partial charge in [-0.25, -0.2) is 9.18 Å². The average Bonchev–Trinajstić information content (AvgIpc) is 2.72. The SMILES string of the molecule is NC(=O)NC(CC(=O)N1CCN(C(=O)c2cc(Cl)cc(Cl)c2)CC1)c1ccccc1F. The Bertz CT molecular complexity index is 976. The third-order valence-corrected chi connectivity index (χ3v) is 5.44. The molecule has 31 heavy (non-hydrogen) atoms. The molecule has 3 N–H and O–H groups in total. The van der Waals surface area contributed by atoms with Crippen LogP contribution in [0.1, 0.15) is 28.4 Å². The van der Waals surface area contributed by atoms with Crippen LogP contribution in [0, 0.1) is 5.82 Å². The van der Waals surface area contributed by atoms with Crippen molar-refractivity contribution in [3.63, 3.8) is 0 Å². The second kappa shape index (κ2) is 9.98. The van der Waals surface area contributed by atoms with E-state index >= 15 is 0 Å². The molecule has 1 unspecified atom stereocenters. The summed E-state index contributed by atoms with van der Waals surface area (Å²) in [6.45, 7) is 1.25. The summed E-state index contributed by atoms with van der Waals surface area (Å²) in [6, 6.07) is 8.77. The Labute approximate surface area is 188 Å². The van der Waals surface area contributed by atoms with Crippen molar-refractivity contribution in [2.45, 2.75) is 12.5 Å². The van der Waals surface area contributed by atoms with Gasteiger partial charge in [-0.1, -0.05) is 41.4 Å². The van der Waals surface area contributed by atoms with Crippen molar-refractivity contribution in [3.8, 4) is 0 Å². The number of hydrogen-bond donors (Lipinski definition) is 2. The van der Waals surface area contributed by atoms with Crippen LogP contribution in [-0.2, 0) is 4.79 Å². The highest BCUT2D eigenvalue weighted by atomic mass is 35.5. The van der Waals surface area contributed by atoms with E-state index in [0.717, 1.165) is 0 Å². The molecule has 1 aliphatic heterocycles. The fraction of sp³-hybridized carbons (Fsp3) is 0.286. The number of amides is 4. The standard InChI is InChI=1S/C21H21Cl2FN4O3/c22-14-9-13(10-15(23)11-14)20(30)28-7-5-27(6-8-28)19(29)12-18(26-21(25)31)16-3-1-2-4-17(16)24/h1-4,9-11,18H,5-8,12H2,(H3,25,26,31). The van der Waals surface area contributed by atoms with Gasteiger partial charge in [-0.2, -0.15) is 0 Å². The van der Waals surface area contributed by atoms with Crippen molar-refractivity contribution < 1.29 is 18.8 Å². The van der Waals surface area contributed by atoms with Crippen LogP contribution in [0.5, 0.6) is 0 Å². The molecule has 7 nitrogen and oxygen atoms in total. The van der Waals surface area contributed by atoms with E-state index < -0.39 is 17.9 Å². The fourth-order valence-corrected chi connectivity index (χ4v) is 4.02. The smallest absolute Gasteiger partial charge is 0.312 e. The summed E-state index contributed by atoms with van der Waals surface area (Å²) >= 11 is 11.9. The number of nitrogens with one attached hydrogen (secondary N) is 1. The number of primary amides is 1. The third kappa shape index (κ3) is 5.86. The highest BCUT2D eigenvalue weighted by Gasteiger charge is 2.28. The zero-order chi connectivity index (χ0) is 22.5. The van der Waals surface area contributed by atoms with Gasteiger partial charge in [0.2, 0.25) is 5.91 Å². The quantitative estimate of drug-likeness (QED) is 0.707. The number of urea groups is 1. The summed E-state index contributed by atoms with van der Waals surface area (Å²) in [5, 5.41) is 3.16. The Morgan fingerprint density at radius 1 is 1.00 bits per heavy atom. The summed E-state index contributed by atoms with van der Waals surface area (Å²) in [7, 11) is 0. The molecule has 0 radical (unpaired) electrons. The van der Waals surface area contributed by atoms with E-state index in [0.29, 0.717) is 41.8 Å². The first-order valence-corrected chi connectivity index (χ1v) is 10.3. The molecular weight excluding hydrogens is 446 g/mol. The first-order valence-electron chi connectivity index (χ1n) is 9.58. The van der Waals surface area contributed by atoms with Gasteiger partial charge >= 0.3 is 6.03 Å². The highest BCUT2D eigenvalue weighted by Crippen LogP contribution is 2.23. The van der Waals surface area contributed by atoms with Crippen LogP contribution in [0.2, 0.25) is 10.0 Å². The Morgan fingerprint density at radius 3 is 2.16 bits per heavy atom. The van der Waals surface area contributed by atoms with E-state index in [1.165, 1.54) is 18.2 Å². The van der Waals surface area contributed by atoms with Crippen LogP contribution in [0.15, 0.2) is 42.5 Å². The second-order valence-corrected chi connectivity index (χ2v) is 7.99. The molecule has 164 valence electrons. The number of halogens is 3. The molecule has 1 heterocycles. The predicted molar refractivity (Wildman–Crippen MR) is 115 cm³/mol. The van der Waals surface area contributed by atoms with Gasteiger partial charge in [0.25, 0.3) is 5.91 Å². The number of benzene rings is 2. The lowest BCUT2D eigenvalue weighted by atomic mass is 10.0. The van der Waals surface area contributed by atoms with Gasteiger partial charge in [0.05, 0.1) is 12.5 Å². The van der Waals surface area contributed by atoms with Crippen LogP contribution in [0.25, 0.3) is 0 Å². The first kappa shape index (κ1) is 22.8. The summed E-state index contributed by atoms with van der Waals surface area (Å²) < 4.78 is 14.2. The van der Waals surface area contributed by atoms with Crippen LogP contribution < -0.4 is 11.1 Å². The minimum atomic E-state index is -0.889. The molecule has 0 aliphatic carbocycles. The van der Waals surface area contributed by atoms with Crippen molar-refractivity contribution in [2.24, 2.45) is 5.73 Å². The average molecular weight is 467 g/mol. The minimum Gasteiger partial charge on any atom is -0.352 e. The Kier molecular flexibility index (Phi) is 7.35. The Morgan fingerprint density at radius 2 is 1.58 bits per heavy atom. The van der Waals surface area contributed by atoms with Crippen LogP contribution in [-0.4, -0.2) is 53.8 Å². The molecular formula is C21H21Cl2FN4O3. The van der Waals surface area contributed by atoms with E-state index in [4.69, 9.17) is 28.9 Å². The van der Waals surface area contributed by atoms with Gasteiger partial charge in [-0.3, -0.25) is 9.59 Å². The lowest BCUT2D eigenvalue weighted by Crippen LogP contribution is -2.51. The number of piperazine rings is 1. The van der Waals surface area contributed by atoms with Gasteiger partial charge in [0.15, 0.2) is 0 Å². The highest BCUT2D eigenvalue weighted by molar-refractivity contribution is 6.35. The number of carbonyl (C=O) groups excluding carboxylic acids is 3. The third-order valence-electron chi connectivity index (χ3n) is 5.00. The summed E-state index contributed by atoms with van der Waals surface area (Å²) in [5.74, 6) is -1.04. The van der Waals surface area contributed by atoms with Crippen LogP contribution in [0.3, 0.4) is 0 Å². The van der Waals surface area contributed by atoms with E-state index in [9.17, 15) is 18.8 Å². The lowest BCUT2D eigenvalue weighted by Gasteiger charge is -2.35. The summed E-state index contributed by atoms with van der Waals surface area (Å²) in [6.07, 6.45) is -0.151. The van der Waals surface area contributed by atoms with E-state index in [1.807, 2.05) is 0 Å². The topological polar surface area (TPSA) is 95.7 Å². The molecule has 0 aromatic heterocycles. The van der Waals surface area contributed by atoms with Gasteiger partial charge in [-0.15, -0.1) is 0 Å². The first-order chi connectivity index (χ1) is 14.7. The monoisotopic (exact) mass is 466 g/mol. The minimum absolute atomic E-state index is 0.151. The maximum Gasteiger partial charge on any atom is 0.312 e. The van der Waals surface area contributed by atoms with Crippen molar-refractivity contribution in [1.82, 2.24) is 15.1 Å². The molecule has 2 aromatic rings. The molecule has 1 atom stereocenters. The van der Waals surface area contributed by atoms with Gasteiger partial charge in [0, 0.05) is 47.4 Å². The molecule has 1 aliphatic rings. The summed E-state index contributed by atoms with van der Waals surface area (Å²) in [4.78, 5) is 40.0. The number of nitrogens with two attached hydrogens (primary N) is 1.